The summed E-state index contributed by atoms with van der Waals surface area (Å²) in [5.41, 5.74) is 3.73. The van der Waals surface area contributed by atoms with Crippen LogP contribution in [0.25, 0.3) is 0 Å². The molecule has 3 rings (SSSR count). The highest BCUT2D eigenvalue weighted by atomic mass is 16.6. The van der Waals surface area contributed by atoms with E-state index < -0.39 is 0 Å². The van der Waals surface area contributed by atoms with Crippen molar-refractivity contribution in [1.82, 2.24) is 20.9 Å². The van der Waals surface area contributed by atoms with Crippen LogP contribution in [0.4, 0.5) is 0 Å². The van der Waals surface area contributed by atoms with E-state index in [-0.39, 0.29) is 5.91 Å². The lowest BCUT2D eigenvalue weighted by Gasteiger charge is -2.09. The number of carbonyl (C=O) groups is 1. The van der Waals surface area contributed by atoms with Gasteiger partial charge in [-0.3, -0.25) is 4.79 Å². The molecule has 2 aromatic rings. The summed E-state index contributed by atoms with van der Waals surface area (Å²) in [6.07, 6.45) is 2.73. The lowest BCUT2D eigenvalue weighted by molar-refractivity contribution is -0.120. The molecule has 1 amide bonds. The molecule has 1 unspecified atom stereocenters. The van der Waals surface area contributed by atoms with Crippen LogP contribution in [0, 0.1) is 12.8 Å². The number of benzene rings is 1. The van der Waals surface area contributed by atoms with Crippen LogP contribution in [0.1, 0.15) is 28.9 Å². The molecular weight excluding hydrogens is 292 g/mol. The molecule has 1 aromatic carbocycles. The van der Waals surface area contributed by atoms with Crippen LogP contribution >= 0.6 is 0 Å². The topological polar surface area (TPSA) is 80.1 Å². The summed E-state index contributed by atoms with van der Waals surface area (Å²) in [5, 5.41) is 13.7. The van der Waals surface area contributed by atoms with Crippen molar-refractivity contribution in [2.45, 2.75) is 32.7 Å². The van der Waals surface area contributed by atoms with Gasteiger partial charge in [-0.2, -0.15) is 0 Å². The van der Waals surface area contributed by atoms with Crippen molar-refractivity contribution in [1.29, 1.82) is 0 Å². The van der Waals surface area contributed by atoms with Crippen molar-refractivity contribution < 1.29 is 9.42 Å². The second-order valence-electron chi connectivity index (χ2n) is 6.13. The molecule has 1 saturated heterocycles. The number of nitrogens with zero attached hydrogens (tertiary/aromatic N) is 2. The highest BCUT2D eigenvalue weighted by molar-refractivity contribution is 5.78. The fraction of sp³-hybridized carbons (Fsp3) is 0.471. The quantitative estimate of drug-likeness (QED) is 0.842. The van der Waals surface area contributed by atoms with E-state index in [1.54, 1.807) is 6.92 Å². The van der Waals surface area contributed by atoms with E-state index >= 15 is 0 Å². The maximum absolute atomic E-state index is 12.0. The minimum absolute atomic E-state index is 0.0276. The van der Waals surface area contributed by atoms with Gasteiger partial charge in [0.25, 0.3) is 0 Å². The molecule has 0 spiro atoms. The Morgan fingerprint density at radius 1 is 1.30 bits per heavy atom. The number of aryl methyl sites for hydroxylation is 1. The monoisotopic (exact) mass is 314 g/mol. The maximum atomic E-state index is 12.0. The summed E-state index contributed by atoms with van der Waals surface area (Å²) in [4.78, 5) is 12.0. The average molecular weight is 314 g/mol. The predicted molar refractivity (Wildman–Crippen MR) is 85.7 cm³/mol. The molecule has 1 fully saturated rings. The highest BCUT2D eigenvalue weighted by Gasteiger charge is 2.14. The molecular formula is C17H22N4O2. The summed E-state index contributed by atoms with van der Waals surface area (Å²) in [6, 6.07) is 8.35. The molecule has 1 atom stereocenters. The lowest BCUT2D eigenvalue weighted by atomic mass is 9.97. The van der Waals surface area contributed by atoms with Gasteiger partial charge in [-0.25, -0.2) is 4.63 Å². The number of carbonyl (C=O) groups excluding carboxylic acids is 1. The van der Waals surface area contributed by atoms with Gasteiger partial charge in [0.15, 0.2) is 0 Å². The standard InChI is InChI=1S/C17H22N4O2/c1-12-16(21-23-20-12)11-19-17(22)9-14-4-2-13(3-5-14)8-15-6-7-18-10-15/h2-5,15,18H,6-11H2,1H3,(H,19,22). The SMILES string of the molecule is Cc1nonc1CNC(=O)Cc1ccc(CC2CCNC2)cc1. The van der Waals surface area contributed by atoms with Gasteiger partial charge in [-0.1, -0.05) is 34.6 Å². The Bertz CT molecular complexity index is 645. The van der Waals surface area contributed by atoms with Gasteiger partial charge < -0.3 is 10.6 Å². The van der Waals surface area contributed by atoms with Crippen LogP contribution in [0.3, 0.4) is 0 Å². The average Bonchev–Trinajstić information content (AvgIpc) is 3.19. The maximum Gasteiger partial charge on any atom is 0.224 e. The molecule has 6 heteroatoms. The van der Waals surface area contributed by atoms with E-state index in [1.807, 2.05) is 12.1 Å². The molecule has 0 radical (unpaired) electrons. The van der Waals surface area contributed by atoms with Crippen molar-refractivity contribution in [2.24, 2.45) is 5.92 Å². The molecule has 2 heterocycles. The van der Waals surface area contributed by atoms with Crippen molar-refractivity contribution >= 4 is 5.91 Å². The van der Waals surface area contributed by atoms with E-state index in [2.05, 4.69) is 37.7 Å². The minimum Gasteiger partial charge on any atom is -0.350 e. The molecule has 0 saturated carbocycles. The van der Waals surface area contributed by atoms with E-state index in [1.165, 1.54) is 12.0 Å². The van der Waals surface area contributed by atoms with Crippen molar-refractivity contribution in [3.8, 4) is 0 Å². The van der Waals surface area contributed by atoms with E-state index in [4.69, 9.17) is 0 Å². The fourth-order valence-electron chi connectivity index (χ4n) is 2.86. The Balaban J connectivity index is 1.47. The van der Waals surface area contributed by atoms with Crippen molar-refractivity contribution in [3.05, 3.63) is 46.8 Å². The number of hydrogen-bond donors (Lipinski definition) is 2. The second kappa shape index (κ2) is 7.37. The van der Waals surface area contributed by atoms with Crippen LogP contribution in [0.15, 0.2) is 28.9 Å². The van der Waals surface area contributed by atoms with Crippen LogP contribution in [-0.2, 0) is 24.2 Å². The zero-order valence-corrected chi connectivity index (χ0v) is 13.3. The Hall–Kier alpha value is -2.21. The van der Waals surface area contributed by atoms with Gasteiger partial charge in [-0.05, 0) is 49.9 Å². The molecule has 6 nitrogen and oxygen atoms in total. The normalized spacial score (nSPS) is 17.3. The van der Waals surface area contributed by atoms with E-state index in [0.29, 0.717) is 24.4 Å². The molecule has 1 aliphatic heterocycles. The highest BCUT2D eigenvalue weighted by Crippen LogP contribution is 2.16. The summed E-state index contributed by atoms with van der Waals surface area (Å²) >= 11 is 0. The van der Waals surface area contributed by atoms with E-state index in [9.17, 15) is 4.79 Å². The summed E-state index contributed by atoms with van der Waals surface area (Å²) in [5.74, 6) is 0.712. The zero-order chi connectivity index (χ0) is 16.1. The first-order valence-electron chi connectivity index (χ1n) is 8.04. The van der Waals surface area contributed by atoms with Gasteiger partial charge in [0, 0.05) is 0 Å². The van der Waals surface area contributed by atoms with Gasteiger partial charge in [0.1, 0.15) is 11.4 Å². The van der Waals surface area contributed by atoms with Crippen LogP contribution < -0.4 is 10.6 Å². The third-order valence-corrected chi connectivity index (χ3v) is 4.27. The number of rotatable bonds is 6. The third-order valence-electron chi connectivity index (χ3n) is 4.27. The molecule has 122 valence electrons. The van der Waals surface area contributed by atoms with Crippen LogP contribution in [-0.4, -0.2) is 29.3 Å². The summed E-state index contributed by atoms with van der Waals surface area (Å²) in [7, 11) is 0. The van der Waals surface area contributed by atoms with Gasteiger partial charge in [-0.15, -0.1) is 0 Å². The zero-order valence-electron chi connectivity index (χ0n) is 13.3. The molecule has 0 aliphatic carbocycles. The van der Waals surface area contributed by atoms with Crippen molar-refractivity contribution in [3.63, 3.8) is 0 Å². The number of nitrogens with one attached hydrogen (secondary N) is 2. The smallest absolute Gasteiger partial charge is 0.224 e. The lowest BCUT2D eigenvalue weighted by Crippen LogP contribution is -2.25. The number of hydrogen-bond acceptors (Lipinski definition) is 5. The number of aromatic nitrogens is 2. The van der Waals surface area contributed by atoms with Crippen molar-refractivity contribution in [2.75, 3.05) is 13.1 Å². The third kappa shape index (κ3) is 4.39. The van der Waals surface area contributed by atoms with Gasteiger partial charge >= 0.3 is 0 Å². The predicted octanol–water partition coefficient (Wildman–Crippen LogP) is 1.39. The van der Waals surface area contributed by atoms with Crippen LogP contribution in [0.2, 0.25) is 0 Å². The summed E-state index contributed by atoms with van der Waals surface area (Å²) < 4.78 is 4.61. The molecule has 0 bridgehead atoms. The Kier molecular flexibility index (Phi) is 5.02. The molecule has 23 heavy (non-hydrogen) atoms. The molecule has 2 N–H and O–H groups in total. The second-order valence-corrected chi connectivity index (χ2v) is 6.13. The minimum atomic E-state index is -0.0276. The first-order valence-corrected chi connectivity index (χ1v) is 8.04. The molecule has 1 aliphatic rings. The van der Waals surface area contributed by atoms with Gasteiger partial charge in [0.2, 0.25) is 5.91 Å². The number of amides is 1. The van der Waals surface area contributed by atoms with E-state index in [0.717, 1.165) is 31.0 Å². The first kappa shape index (κ1) is 15.7. The largest absolute Gasteiger partial charge is 0.350 e. The Morgan fingerprint density at radius 3 is 2.74 bits per heavy atom. The first-order chi connectivity index (χ1) is 11.2. The molecule has 1 aromatic heterocycles. The fourth-order valence-corrected chi connectivity index (χ4v) is 2.86. The summed E-state index contributed by atoms with van der Waals surface area (Å²) in [6.45, 7) is 4.39. The van der Waals surface area contributed by atoms with Crippen LogP contribution in [0.5, 0.6) is 0 Å². The van der Waals surface area contributed by atoms with Gasteiger partial charge in [0.05, 0.1) is 13.0 Å². The Morgan fingerprint density at radius 2 is 2.09 bits per heavy atom. The Labute approximate surface area is 135 Å².